The number of ether oxygens (including phenoxy) is 2. The lowest BCUT2D eigenvalue weighted by Crippen LogP contribution is -2.50. The molecule has 2 saturated heterocycles. The Balaban J connectivity index is 1.49. The first-order valence-corrected chi connectivity index (χ1v) is 8.16. The van der Waals surface area contributed by atoms with E-state index < -0.39 is 0 Å². The number of hydrogen-bond acceptors (Lipinski definition) is 3. The summed E-state index contributed by atoms with van der Waals surface area (Å²) in [6.45, 7) is 6.35. The highest BCUT2D eigenvalue weighted by molar-refractivity contribution is 4.96. The highest BCUT2D eigenvalue weighted by Gasteiger charge is 2.42. The zero-order valence-electron chi connectivity index (χ0n) is 12.5. The first-order valence-electron chi connectivity index (χ1n) is 8.16. The Bertz CT molecular complexity index is 314. The lowest BCUT2D eigenvalue weighted by molar-refractivity contribution is -0.0647. The minimum Gasteiger partial charge on any atom is -0.377 e. The van der Waals surface area contributed by atoms with Crippen LogP contribution >= 0.6 is 0 Å². The summed E-state index contributed by atoms with van der Waals surface area (Å²) in [5, 5.41) is 3.72. The number of hydrogen-bond donors (Lipinski definition) is 1. The van der Waals surface area contributed by atoms with Crippen molar-refractivity contribution in [2.75, 3.05) is 13.2 Å². The average molecular weight is 267 g/mol. The van der Waals surface area contributed by atoms with Crippen LogP contribution in [0.25, 0.3) is 0 Å². The fourth-order valence-corrected chi connectivity index (χ4v) is 4.02. The summed E-state index contributed by atoms with van der Waals surface area (Å²) < 4.78 is 12.1. The van der Waals surface area contributed by atoms with Gasteiger partial charge in [0.15, 0.2) is 0 Å². The molecule has 3 nitrogen and oxygen atoms in total. The third-order valence-electron chi connectivity index (χ3n) is 5.72. The van der Waals surface area contributed by atoms with Crippen LogP contribution in [-0.2, 0) is 9.47 Å². The molecule has 2 heterocycles. The molecular weight excluding hydrogens is 238 g/mol. The van der Waals surface area contributed by atoms with Crippen LogP contribution in [0.15, 0.2) is 0 Å². The molecule has 0 aromatic carbocycles. The van der Waals surface area contributed by atoms with Crippen LogP contribution in [0.4, 0.5) is 0 Å². The second kappa shape index (κ2) is 5.34. The topological polar surface area (TPSA) is 30.5 Å². The Hall–Kier alpha value is -0.120. The molecule has 1 N–H and O–H groups in total. The first-order chi connectivity index (χ1) is 9.12. The van der Waals surface area contributed by atoms with E-state index in [0.29, 0.717) is 12.2 Å². The zero-order chi connectivity index (χ0) is 13.3. The minimum absolute atomic E-state index is 0.145. The Labute approximate surface area is 117 Å². The van der Waals surface area contributed by atoms with Crippen molar-refractivity contribution >= 4 is 0 Å². The second-order valence-electron chi connectivity index (χ2n) is 7.08. The Morgan fingerprint density at radius 3 is 2.58 bits per heavy atom. The van der Waals surface area contributed by atoms with E-state index in [1.54, 1.807) is 0 Å². The molecule has 3 unspecified atom stereocenters. The number of nitrogens with one attached hydrogen (secondary N) is 1. The Morgan fingerprint density at radius 1 is 1.11 bits per heavy atom. The predicted molar refractivity (Wildman–Crippen MR) is 76.4 cm³/mol. The van der Waals surface area contributed by atoms with Crippen LogP contribution in [0, 0.1) is 0 Å². The van der Waals surface area contributed by atoms with E-state index in [1.165, 1.54) is 44.9 Å². The van der Waals surface area contributed by atoms with Gasteiger partial charge < -0.3 is 14.8 Å². The molecule has 19 heavy (non-hydrogen) atoms. The molecule has 1 aliphatic carbocycles. The molecule has 3 atom stereocenters. The smallest absolute Gasteiger partial charge is 0.0726 e. The molecule has 1 saturated carbocycles. The van der Waals surface area contributed by atoms with Gasteiger partial charge in [-0.3, -0.25) is 0 Å². The molecule has 3 fully saturated rings. The normalized spacial score (nSPS) is 42.0. The van der Waals surface area contributed by atoms with Gasteiger partial charge in [-0.05, 0) is 46.0 Å². The molecule has 2 aliphatic heterocycles. The molecule has 3 heteroatoms. The monoisotopic (exact) mass is 267 g/mol. The van der Waals surface area contributed by atoms with Crippen LogP contribution in [0.2, 0.25) is 0 Å². The lowest BCUT2D eigenvalue weighted by Gasteiger charge is -2.34. The van der Waals surface area contributed by atoms with Gasteiger partial charge in [0.2, 0.25) is 0 Å². The summed E-state index contributed by atoms with van der Waals surface area (Å²) >= 11 is 0. The van der Waals surface area contributed by atoms with Gasteiger partial charge in [0, 0.05) is 18.7 Å². The summed E-state index contributed by atoms with van der Waals surface area (Å²) in [6.07, 6.45) is 11.1. The van der Waals surface area contributed by atoms with Gasteiger partial charge in [-0.15, -0.1) is 0 Å². The number of rotatable bonds is 3. The lowest BCUT2D eigenvalue weighted by atomic mass is 9.83. The molecule has 3 rings (SSSR count). The molecule has 0 aromatic rings. The van der Waals surface area contributed by atoms with Gasteiger partial charge in [0.1, 0.15) is 0 Å². The predicted octanol–water partition coefficient (Wildman–Crippen LogP) is 3.03. The van der Waals surface area contributed by atoms with Crippen molar-refractivity contribution in [3.63, 3.8) is 0 Å². The highest BCUT2D eigenvalue weighted by Crippen LogP contribution is 2.41. The highest BCUT2D eigenvalue weighted by atomic mass is 16.5. The third-order valence-corrected chi connectivity index (χ3v) is 5.72. The first kappa shape index (κ1) is 13.8. The van der Waals surface area contributed by atoms with Crippen molar-refractivity contribution in [3.8, 4) is 0 Å². The van der Waals surface area contributed by atoms with Crippen molar-refractivity contribution in [2.24, 2.45) is 0 Å². The van der Waals surface area contributed by atoms with E-state index in [4.69, 9.17) is 9.47 Å². The van der Waals surface area contributed by atoms with Crippen LogP contribution in [0.3, 0.4) is 0 Å². The molecule has 1 spiro atoms. The quantitative estimate of drug-likeness (QED) is 0.852. The van der Waals surface area contributed by atoms with Gasteiger partial charge in [-0.1, -0.05) is 19.3 Å². The average Bonchev–Trinajstić information content (AvgIpc) is 2.95. The van der Waals surface area contributed by atoms with Gasteiger partial charge >= 0.3 is 0 Å². The zero-order valence-corrected chi connectivity index (χ0v) is 12.5. The molecule has 0 amide bonds. The summed E-state index contributed by atoms with van der Waals surface area (Å²) in [6, 6.07) is 0. The van der Waals surface area contributed by atoms with Crippen LogP contribution in [-0.4, -0.2) is 36.5 Å². The van der Waals surface area contributed by atoms with E-state index in [0.717, 1.165) is 19.6 Å². The van der Waals surface area contributed by atoms with Gasteiger partial charge in [-0.25, -0.2) is 0 Å². The van der Waals surface area contributed by atoms with Crippen molar-refractivity contribution in [2.45, 2.75) is 88.6 Å². The van der Waals surface area contributed by atoms with E-state index >= 15 is 0 Å². The van der Waals surface area contributed by atoms with Crippen molar-refractivity contribution < 1.29 is 9.47 Å². The maximum atomic E-state index is 6.43. The maximum Gasteiger partial charge on any atom is 0.0726 e. The van der Waals surface area contributed by atoms with E-state index in [9.17, 15) is 0 Å². The van der Waals surface area contributed by atoms with Crippen LogP contribution in [0.5, 0.6) is 0 Å². The summed E-state index contributed by atoms with van der Waals surface area (Å²) in [4.78, 5) is 0. The maximum absolute atomic E-state index is 6.43. The van der Waals surface area contributed by atoms with Crippen LogP contribution in [0.1, 0.15) is 65.2 Å². The van der Waals surface area contributed by atoms with E-state index in [1.807, 2.05) is 0 Å². The summed E-state index contributed by atoms with van der Waals surface area (Å²) in [5.74, 6) is 0. The summed E-state index contributed by atoms with van der Waals surface area (Å²) in [7, 11) is 0. The second-order valence-corrected chi connectivity index (χ2v) is 7.08. The van der Waals surface area contributed by atoms with Gasteiger partial charge in [-0.2, -0.15) is 0 Å². The molecule has 110 valence electrons. The largest absolute Gasteiger partial charge is 0.377 e. The van der Waals surface area contributed by atoms with Crippen molar-refractivity contribution in [3.05, 3.63) is 0 Å². The van der Waals surface area contributed by atoms with E-state index in [2.05, 4.69) is 19.2 Å². The Morgan fingerprint density at radius 2 is 1.89 bits per heavy atom. The van der Waals surface area contributed by atoms with Crippen LogP contribution < -0.4 is 5.32 Å². The standard InChI is InChI=1S/C16H29NO2/c1-13-15(2,10-11-18-13)17-12-14-6-9-16(19-14)7-4-3-5-8-16/h13-14,17H,3-12H2,1-2H3. The van der Waals surface area contributed by atoms with E-state index in [-0.39, 0.29) is 11.1 Å². The SMILES string of the molecule is CC1OCCC1(C)NCC1CCC2(CCCCC2)O1. The third kappa shape index (κ3) is 2.84. The van der Waals surface area contributed by atoms with Gasteiger partial charge in [0.05, 0.1) is 17.8 Å². The minimum atomic E-state index is 0.145. The van der Waals surface area contributed by atoms with Gasteiger partial charge in [0.25, 0.3) is 0 Å². The fraction of sp³-hybridized carbons (Fsp3) is 1.00. The molecular formula is C16H29NO2. The fourth-order valence-electron chi connectivity index (χ4n) is 4.02. The van der Waals surface area contributed by atoms with Crippen molar-refractivity contribution in [1.82, 2.24) is 5.32 Å². The van der Waals surface area contributed by atoms with Crippen molar-refractivity contribution in [1.29, 1.82) is 0 Å². The molecule has 3 aliphatic rings. The summed E-state index contributed by atoms with van der Waals surface area (Å²) in [5.41, 5.74) is 0.398. The molecule has 0 radical (unpaired) electrons. The Kier molecular flexibility index (Phi) is 3.89. The molecule has 0 bridgehead atoms. The molecule has 0 aromatic heterocycles.